The maximum absolute atomic E-state index is 11.5. The van der Waals surface area contributed by atoms with E-state index in [1.165, 1.54) is 0 Å². The van der Waals surface area contributed by atoms with Crippen molar-refractivity contribution in [3.63, 3.8) is 0 Å². The molecule has 0 aliphatic heterocycles. The van der Waals surface area contributed by atoms with Crippen molar-refractivity contribution in [3.8, 4) is 12.3 Å². The molecule has 3 N–H and O–H groups in total. The highest BCUT2D eigenvalue weighted by Crippen LogP contribution is 2.02. The predicted octanol–water partition coefficient (Wildman–Crippen LogP) is 1.20. The van der Waals surface area contributed by atoms with Gasteiger partial charge in [0.1, 0.15) is 6.04 Å². The van der Waals surface area contributed by atoms with Crippen molar-refractivity contribution >= 4 is 12.0 Å². The lowest BCUT2D eigenvalue weighted by Gasteiger charge is -2.20. The second kappa shape index (κ2) is 7.55. The molecule has 0 saturated heterocycles. The minimum atomic E-state index is -1.05. The minimum Gasteiger partial charge on any atom is -0.480 e. The number of amides is 2. The number of terminal acetylenes is 1. The number of nitrogens with one attached hydrogen (secondary N) is 2. The van der Waals surface area contributed by atoms with Crippen molar-refractivity contribution in [3.05, 3.63) is 0 Å². The summed E-state index contributed by atoms with van der Waals surface area (Å²) in [7, 11) is 0. The molecule has 0 aromatic heterocycles. The van der Waals surface area contributed by atoms with Crippen LogP contribution >= 0.6 is 0 Å². The van der Waals surface area contributed by atoms with Crippen LogP contribution in [0.15, 0.2) is 0 Å². The molecular weight excluding hydrogens is 220 g/mol. The normalized spacial score (nSPS) is 13.6. The van der Waals surface area contributed by atoms with E-state index < -0.39 is 18.0 Å². The van der Waals surface area contributed by atoms with Crippen LogP contribution in [0.25, 0.3) is 0 Å². The first-order valence-corrected chi connectivity index (χ1v) is 5.68. The lowest BCUT2D eigenvalue weighted by atomic mass is 10.1. The van der Waals surface area contributed by atoms with E-state index in [2.05, 4.69) is 16.6 Å². The summed E-state index contributed by atoms with van der Waals surface area (Å²) in [6, 6.07) is -1.81. The van der Waals surface area contributed by atoms with Gasteiger partial charge >= 0.3 is 12.0 Å². The third kappa shape index (κ3) is 5.81. The standard InChI is InChI=1S/C12H20N2O3/c1-5-7-9(6-2)13-12(17)14-10(8(3)4)11(15)16/h2,8-10H,5,7H2,1,3-4H3,(H,15,16)(H2,13,14,17)/t9?,10-/m1/s1. The zero-order chi connectivity index (χ0) is 13.4. The fraction of sp³-hybridized carbons (Fsp3) is 0.667. The zero-order valence-corrected chi connectivity index (χ0v) is 10.5. The topological polar surface area (TPSA) is 78.4 Å². The quantitative estimate of drug-likeness (QED) is 0.610. The van der Waals surface area contributed by atoms with E-state index >= 15 is 0 Å². The van der Waals surface area contributed by atoms with Crippen molar-refractivity contribution in [2.45, 2.75) is 45.7 Å². The van der Waals surface area contributed by atoms with E-state index in [9.17, 15) is 9.59 Å². The van der Waals surface area contributed by atoms with Gasteiger partial charge in [-0.25, -0.2) is 9.59 Å². The molecule has 2 amide bonds. The Balaban J connectivity index is 4.33. The van der Waals surface area contributed by atoms with Crippen LogP contribution in [0, 0.1) is 18.3 Å². The lowest BCUT2D eigenvalue weighted by Crippen LogP contribution is -2.50. The maximum Gasteiger partial charge on any atom is 0.326 e. The van der Waals surface area contributed by atoms with Gasteiger partial charge < -0.3 is 15.7 Å². The Labute approximate surface area is 102 Å². The number of carbonyl (C=O) groups excluding carboxylic acids is 1. The van der Waals surface area contributed by atoms with Gasteiger partial charge in [0.25, 0.3) is 0 Å². The third-order valence-electron chi connectivity index (χ3n) is 2.30. The summed E-state index contributed by atoms with van der Waals surface area (Å²) in [6.07, 6.45) is 6.77. The number of carbonyl (C=O) groups is 2. The number of rotatable bonds is 6. The van der Waals surface area contributed by atoms with Gasteiger partial charge in [-0.05, 0) is 12.3 Å². The molecule has 1 unspecified atom stereocenters. The largest absolute Gasteiger partial charge is 0.480 e. The molecule has 5 nitrogen and oxygen atoms in total. The first-order chi connectivity index (χ1) is 7.92. The van der Waals surface area contributed by atoms with Crippen LogP contribution in [0.1, 0.15) is 33.6 Å². The number of hydrogen-bond acceptors (Lipinski definition) is 2. The number of carboxylic acid groups (broad SMARTS) is 1. The number of aliphatic carboxylic acids is 1. The van der Waals surface area contributed by atoms with Gasteiger partial charge in [0.15, 0.2) is 0 Å². The summed E-state index contributed by atoms with van der Waals surface area (Å²) in [4.78, 5) is 22.4. The summed E-state index contributed by atoms with van der Waals surface area (Å²) in [5.74, 6) is 1.21. The maximum atomic E-state index is 11.5. The second-order valence-electron chi connectivity index (χ2n) is 4.19. The highest BCUT2D eigenvalue weighted by molar-refractivity contribution is 5.83. The van der Waals surface area contributed by atoms with Gasteiger partial charge in [0, 0.05) is 0 Å². The van der Waals surface area contributed by atoms with E-state index in [0.29, 0.717) is 6.42 Å². The number of carboxylic acids is 1. The molecule has 5 heteroatoms. The van der Waals surface area contributed by atoms with Gasteiger partial charge in [-0.3, -0.25) is 0 Å². The molecule has 0 heterocycles. The van der Waals surface area contributed by atoms with Crippen molar-refractivity contribution in [1.82, 2.24) is 10.6 Å². The average molecular weight is 240 g/mol. The minimum absolute atomic E-state index is 0.186. The van der Waals surface area contributed by atoms with Gasteiger partial charge in [-0.15, -0.1) is 6.42 Å². The Morgan fingerprint density at radius 3 is 2.29 bits per heavy atom. The third-order valence-corrected chi connectivity index (χ3v) is 2.30. The van der Waals surface area contributed by atoms with E-state index in [0.717, 1.165) is 6.42 Å². The lowest BCUT2D eigenvalue weighted by molar-refractivity contribution is -0.140. The summed E-state index contributed by atoms with van der Waals surface area (Å²) in [6.45, 7) is 5.41. The van der Waals surface area contributed by atoms with Gasteiger partial charge in [-0.1, -0.05) is 33.1 Å². The summed E-state index contributed by atoms with van der Waals surface area (Å²) in [5, 5.41) is 13.9. The molecule has 0 aliphatic carbocycles. The number of urea groups is 1. The van der Waals surface area contributed by atoms with E-state index in [1.54, 1.807) is 13.8 Å². The molecule has 0 rings (SSSR count). The van der Waals surface area contributed by atoms with E-state index in [4.69, 9.17) is 11.5 Å². The first kappa shape index (κ1) is 15.3. The monoisotopic (exact) mass is 240 g/mol. The van der Waals surface area contributed by atoms with Crippen LogP contribution in [0.2, 0.25) is 0 Å². The van der Waals surface area contributed by atoms with Crippen LogP contribution in [-0.2, 0) is 4.79 Å². The Bertz CT molecular complexity index is 307. The smallest absolute Gasteiger partial charge is 0.326 e. The zero-order valence-electron chi connectivity index (χ0n) is 10.5. The Morgan fingerprint density at radius 2 is 1.94 bits per heavy atom. The van der Waals surface area contributed by atoms with Crippen molar-refractivity contribution < 1.29 is 14.7 Å². The van der Waals surface area contributed by atoms with Crippen molar-refractivity contribution in [2.75, 3.05) is 0 Å². The summed E-state index contributed by atoms with van der Waals surface area (Å²) in [5.41, 5.74) is 0. The van der Waals surface area contributed by atoms with Gasteiger partial charge in [-0.2, -0.15) is 0 Å². The van der Waals surface area contributed by atoms with Crippen molar-refractivity contribution in [2.24, 2.45) is 5.92 Å². The predicted molar refractivity (Wildman–Crippen MR) is 65.5 cm³/mol. The van der Waals surface area contributed by atoms with Crippen LogP contribution in [0.4, 0.5) is 4.79 Å². The first-order valence-electron chi connectivity index (χ1n) is 5.68. The summed E-state index contributed by atoms with van der Waals surface area (Å²) < 4.78 is 0. The number of hydrogen-bond donors (Lipinski definition) is 3. The molecule has 17 heavy (non-hydrogen) atoms. The fourth-order valence-electron chi connectivity index (χ4n) is 1.34. The van der Waals surface area contributed by atoms with E-state index in [-0.39, 0.29) is 12.0 Å². The molecule has 0 saturated carbocycles. The molecule has 0 bridgehead atoms. The second-order valence-corrected chi connectivity index (χ2v) is 4.19. The molecule has 0 aliphatic rings. The van der Waals surface area contributed by atoms with Crippen molar-refractivity contribution in [1.29, 1.82) is 0 Å². The molecule has 0 aromatic carbocycles. The van der Waals surface area contributed by atoms with Gasteiger partial charge in [0.2, 0.25) is 0 Å². The Hall–Kier alpha value is -1.70. The molecule has 96 valence electrons. The summed E-state index contributed by atoms with van der Waals surface area (Å²) >= 11 is 0. The van der Waals surface area contributed by atoms with Crippen LogP contribution in [0.3, 0.4) is 0 Å². The van der Waals surface area contributed by atoms with Crippen LogP contribution in [0.5, 0.6) is 0 Å². The molecule has 2 atom stereocenters. The van der Waals surface area contributed by atoms with Gasteiger partial charge in [0.05, 0.1) is 6.04 Å². The van der Waals surface area contributed by atoms with Crippen LogP contribution in [-0.4, -0.2) is 29.2 Å². The van der Waals surface area contributed by atoms with E-state index in [1.807, 2.05) is 6.92 Å². The van der Waals surface area contributed by atoms with Crippen LogP contribution < -0.4 is 10.6 Å². The molecule has 0 fully saturated rings. The highest BCUT2D eigenvalue weighted by atomic mass is 16.4. The molecular formula is C12H20N2O3. The highest BCUT2D eigenvalue weighted by Gasteiger charge is 2.23. The molecule has 0 aromatic rings. The average Bonchev–Trinajstić information content (AvgIpc) is 2.24. The SMILES string of the molecule is C#CC(CCC)NC(=O)N[C@@H](C(=O)O)C(C)C. The molecule has 0 radical (unpaired) electrons. The Kier molecular flexibility index (Phi) is 6.80. The molecule has 0 spiro atoms. The fourth-order valence-corrected chi connectivity index (χ4v) is 1.34. The Morgan fingerprint density at radius 1 is 1.35 bits per heavy atom.